The van der Waals surface area contributed by atoms with Gasteiger partial charge < -0.3 is 9.64 Å². The van der Waals surface area contributed by atoms with Crippen molar-refractivity contribution in [1.82, 2.24) is 4.90 Å². The zero-order valence-electron chi connectivity index (χ0n) is 9.38. The highest BCUT2D eigenvalue weighted by Crippen LogP contribution is 1.99. The lowest BCUT2D eigenvalue weighted by atomic mass is 10.2. The van der Waals surface area contributed by atoms with E-state index >= 15 is 0 Å². The SMILES string of the molecule is [CH2]CCOC(=O)C(C)=CCCN(C)C. The van der Waals surface area contributed by atoms with Gasteiger partial charge in [0.05, 0.1) is 6.61 Å². The molecule has 3 nitrogen and oxygen atoms in total. The third kappa shape index (κ3) is 6.66. The molecule has 0 fully saturated rings. The van der Waals surface area contributed by atoms with E-state index in [2.05, 4.69) is 11.8 Å². The van der Waals surface area contributed by atoms with Crippen LogP contribution in [0.5, 0.6) is 0 Å². The van der Waals surface area contributed by atoms with E-state index in [4.69, 9.17) is 4.74 Å². The number of nitrogens with zero attached hydrogens (tertiary/aromatic N) is 1. The summed E-state index contributed by atoms with van der Waals surface area (Å²) in [5.41, 5.74) is 0.681. The molecule has 3 heteroatoms. The molecule has 14 heavy (non-hydrogen) atoms. The molecule has 0 saturated carbocycles. The zero-order chi connectivity index (χ0) is 11.0. The minimum Gasteiger partial charge on any atom is -0.462 e. The van der Waals surface area contributed by atoms with E-state index < -0.39 is 0 Å². The van der Waals surface area contributed by atoms with Gasteiger partial charge in [-0.3, -0.25) is 0 Å². The molecule has 0 aliphatic carbocycles. The molecule has 0 bridgehead atoms. The van der Waals surface area contributed by atoms with Crippen molar-refractivity contribution in [3.05, 3.63) is 18.6 Å². The van der Waals surface area contributed by atoms with Crippen molar-refractivity contribution in [2.45, 2.75) is 19.8 Å². The summed E-state index contributed by atoms with van der Waals surface area (Å²) in [6.07, 6.45) is 3.40. The van der Waals surface area contributed by atoms with E-state index in [0.29, 0.717) is 18.6 Å². The van der Waals surface area contributed by atoms with Crippen LogP contribution in [-0.2, 0) is 9.53 Å². The molecule has 0 unspecified atom stereocenters. The smallest absolute Gasteiger partial charge is 0.333 e. The van der Waals surface area contributed by atoms with Gasteiger partial charge in [-0.15, -0.1) is 0 Å². The summed E-state index contributed by atoms with van der Waals surface area (Å²) >= 11 is 0. The average Bonchev–Trinajstić information content (AvgIpc) is 2.13. The lowest BCUT2D eigenvalue weighted by Crippen LogP contribution is -2.13. The molecular formula is C11H20NO2. The fraction of sp³-hybridized carbons (Fsp3) is 0.636. The van der Waals surface area contributed by atoms with Gasteiger partial charge in [-0.2, -0.15) is 0 Å². The van der Waals surface area contributed by atoms with E-state index in [0.717, 1.165) is 13.0 Å². The second-order valence-electron chi connectivity index (χ2n) is 3.47. The van der Waals surface area contributed by atoms with Crippen molar-refractivity contribution in [3.8, 4) is 0 Å². The van der Waals surface area contributed by atoms with Crippen molar-refractivity contribution in [2.75, 3.05) is 27.2 Å². The Hall–Kier alpha value is -0.830. The van der Waals surface area contributed by atoms with Gasteiger partial charge in [0.15, 0.2) is 0 Å². The topological polar surface area (TPSA) is 29.5 Å². The van der Waals surface area contributed by atoms with Crippen LogP contribution in [0.3, 0.4) is 0 Å². The summed E-state index contributed by atoms with van der Waals surface area (Å²) < 4.78 is 4.93. The number of carbonyl (C=O) groups excluding carboxylic acids is 1. The third-order valence-electron chi connectivity index (χ3n) is 1.73. The summed E-state index contributed by atoms with van der Waals surface area (Å²) in [6, 6.07) is 0. The molecule has 0 N–H and O–H groups in total. The third-order valence-corrected chi connectivity index (χ3v) is 1.73. The standard InChI is InChI=1S/C11H20NO2/c1-5-9-14-11(13)10(2)7-6-8-12(3)4/h7H,1,5-6,8-9H2,2-4H3. The van der Waals surface area contributed by atoms with E-state index in [1.54, 1.807) is 6.92 Å². The second-order valence-corrected chi connectivity index (χ2v) is 3.47. The average molecular weight is 198 g/mol. The Morgan fingerprint density at radius 2 is 2.14 bits per heavy atom. The normalized spacial score (nSPS) is 11.9. The van der Waals surface area contributed by atoms with Crippen LogP contribution in [0.4, 0.5) is 0 Å². The van der Waals surface area contributed by atoms with Crippen molar-refractivity contribution in [1.29, 1.82) is 0 Å². The largest absolute Gasteiger partial charge is 0.462 e. The monoisotopic (exact) mass is 198 g/mol. The van der Waals surface area contributed by atoms with Gasteiger partial charge in [0.25, 0.3) is 0 Å². The van der Waals surface area contributed by atoms with Gasteiger partial charge in [-0.1, -0.05) is 6.08 Å². The zero-order valence-corrected chi connectivity index (χ0v) is 9.38. The lowest BCUT2D eigenvalue weighted by Gasteiger charge is -2.07. The van der Waals surface area contributed by atoms with Crippen LogP contribution in [0.15, 0.2) is 11.6 Å². The molecule has 0 atom stereocenters. The fourth-order valence-corrected chi connectivity index (χ4v) is 0.901. The van der Waals surface area contributed by atoms with Gasteiger partial charge in [-0.05, 0) is 40.8 Å². The van der Waals surface area contributed by atoms with Crippen LogP contribution in [0.2, 0.25) is 0 Å². The minimum absolute atomic E-state index is 0.229. The first-order valence-electron chi connectivity index (χ1n) is 4.85. The molecule has 0 heterocycles. The quantitative estimate of drug-likeness (QED) is 0.480. The number of rotatable bonds is 6. The molecule has 0 aliphatic heterocycles. The molecule has 0 rings (SSSR count). The van der Waals surface area contributed by atoms with Gasteiger partial charge in [0.1, 0.15) is 0 Å². The number of ether oxygens (including phenoxy) is 1. The van der Waals surface area contributed by atoms with E-state index in [1.807, 2.05) is 20.2 Å². The molecule has 0 aromatic rings. The second kappa shape index (κ2) is 7.56. The van der Waals surface area contributed by atoms with E-state index in [-0.39, 0.29) is 5.97 Å². The van der Waals surface area contributed by atoms with Gasteiger partial charge in [-0.25, -0.2) is 4.79 Å². The van der Waals surface area contributed by atoms with Crippen LogP contribution >= 0.6 is 0 Å². The first kappa shape index (κ1) is 13.2. The highest BCUT2D eigenvalue weighted by atomic mass is 16.5. The summed E-state index contributed by atoms with van der Waals surface area (Å²) in [7, 11) is 4.01. The molecule has 0 aliphatic rings. The molecule has 0 aromatic carbocycles. The lowest BCUT2D eigenvalue weighted by molar-refractivity contribution is -0.138. The van der Waals surface area contributed by atoms with Crippen LogP contribution < -0.4 is 0 Å². The van der Waals surface area contributed by atoms with Crippen LogP contribution in [0, 0.1) is 6.92 Å². The summed E-state index contributed by atoms with van der Waals surface area (Å²) in [5.74, 6) is -0.229. The Bertz CT molecular complexity index is 197. The van der Waals surface area contributed by atoms with Gasteiger partial charge >= 0.3 is 5.97 Å². The Morgan fingerprint density at radius 3 is 2.64 bits per heavy atom. The Balaban J connectivity index is 3.79. The van der Waals surface area contributed by atoms with E-state index in [9.17, 15) is 4.79 Å². The number of hydrogen-bond acceptors (Lipinski definition) is 3. The molecule has 0 spiro atoms. The van der Waals surface area contributed by atoms with Crippen molar-refractivity contribution in [3.63, 3.8) is 0 Å². The molecule has 0 aromatic heterocycles. The fourth-order valence-electron chi connectivity index (χ4n) is 0.901. The minimum atomic E-state index is -0.229. The van der Waals surface area contributed by atoms with Crippen LogP contribution in [0.25, 0.3) is 0 Å². The predicted octanol–water partition coefficient (Wildman–Crippen LogP) is 1.65. The number of carbonyl (C=O) groups is 1. The molecule has 81 valence electrons. The Morgan fingerprint density at radius 1 is 1.50 bits per heavy atom. The molecular weight excluding hydrogens is 178 g/mol. The maximum absolute atomic E-state index is 11.2. The van der Waals surface area contributed by atoms with Crippen molar-refractivity contribution < 1.29 is 9.53 Å². The molecule has 0 saturated heterocycles. The van der Waals surface area contributed by atoms with Crippen molar-refractivity contribution in [2.24, 2.45) is 0 Å². The van der Waals surface area contributed by atoms with Crippen LogP contribution in [-0.4, -0.2) is 38.1 Å². The Kier molecular flexibility index (Phi) is 7.11. The first-order chi connectivity index (χ1) is 6.57. The van der Waals surface area contributed by atoms with Crippen LogP contribution in [0.1, 0.15) is 19.8 Å². The van der Waals surface area contributed by atoms with Gasteiger partial charge in [0.2, 0.25) is 0 Å². The predicted molar refractivity (Wildman–Crippen MR) is 57.9 cm³/mol. The highest BCUT2D eigenvalue weighted by Gasteiger charge is 2.03. The first-order valence-corrected chi connectivity index (χ1v) is 4.85. The number of esters is 1. The molecule has 1 radical (unpaired) electrons. The highest BCUT2D eigenvalue weighted by molar-refractivity contribution is 5.87. The van der Waals surface area contributed by atoms with Crippen molar-refractivity contribution >= 4 is 5.97 Å². The summed E-state index contributed by atoms with van der Waals surface area (Å²) in [4.78, 5) is 13.3. The summed E-state index contributed by atoms with van der Waals surface area (Å²) in [5, 5.41) is 0. The van der Waals surface area contributed by atoms with E-state index in [1.165, 1.54) is 0 Å². The summed E-state index contributed by atoms with van der Waals surface area (Å²) in [6.45, 7) is 6.72. The maximum Gasteiger partial charge on any atom is 0.333 e. The number of hydrogen-bond donors (Lipinski definition) is 0. The Labute approximate surface area is 86.7 Å². The molecule has 0 amide bonds. The maximum atomic E-state index is 11.2. The van der Waals surface area contributed by atoms with Gasteiger partial charge in [0, 0.05) is 12.1 Å².